The molecule has 1 heterocycles. The van der Waals surface area contributed by atoms with Crippen molar-refractivity contribution in [3.63, 3.8) is 0 Å². The molecule has 0 radical (unpaired) electrons. The summed E-state index contributed by atoms with van der Waals surface area (Å²) in [6.45, 7) is 4.31. The summed E-state index contributed by atoms with van der Waals surface area (Å²) in [5.74, 6) is 1.41. The van der Waals surface area contributed by atoms with Crippen molar-refractivity contribution in [1.29, 1.82) is 0 Å². The number of hydrogen-bond acceptors (Lipinski definition) is 2. The van der Waals surface area contributed by atoms with Crippen LogP contribution in [0.15, 0.2) is 59.7 Å². The Labute approximate surface area is 145 Å². The smallest absolute Gasteiger partial charge is 0.119 e. The van der Waals surface area contributed by atoms with Crippen LogP contribution < -0.4 is 4.74 Å². The third-order valence-electron chi connectivity index (χ3n) is 5.42. The minimum absolute atomic E-state index is 0.405. The number of likely N-dealkylation sites (tertiary alicyclic amines) is 1. The predicted octanol–water partition coefficient (Wildman–Crippen LogP) is 4.85. The number of allylic oxidation sites excluding steroid dienone is 6. The normalized spacial score (nSPS) is 23.6. The molecule has 2 aliphatic carbocycles. The van der Waals surface area contributed by atoms with Gasteiger partial charge in [0.2, 0.25) is 0 Å². The number of benzene rings is 1. The van der Waals surface area contributed by atoms with Gasteiger partial charge in [0.15, 0.2) is 0 Å². The molecule has 1 aliphatic heterocycles. The van der Waals surface area contributed by atoms with Gasteiger partial charge in [-0.3, -0.25) is 4.90 Å². The first-order valence-corrected chi connectivity index (χ1v) is 9.43. The standard InChI is InChI=1S/C22H27NO/c1-4-13-23(14-5-1)15-16-24-20-9-6-8-19(17-20)22-12-11-18-7-2-3-10-21(18)22/h3,6,8-12,17,22H,1-2,4-5,7,13-16H2. The second-order valence-electron chi connectivity index (χ2n) is 7.08. The summed E-state index contributed by atoms with van der Waals surface area (Å²) in [5.41, 5.74) is 4.34. The molecule has 0 N–H and O–H groups in total. The summed E-state index contributed by atoms with van der Waals surface area (Å²) < 4.78 is 6.05. The highest BCUT2D eigenvalue weighted by Crippen LogP contribution is 2.39. The zero-order valence-electron chi connectivity index (χ0n) is 14.4. The van der Waals surface area contributed by atoms with Crippen LogP contribution in [0, 0.1) is 0 Å². The molecule has 24 heavy (non-hydrogen) atoms. The van der Waals surface area contributed by atoms with Gasteiger partial charge in [-0.2, -0.15) is 0 Å². The minimum atomic E-state index is 0.405. The minimum Gasteiger partial charge on any atom is -0.492 e. The maximum absolute atomic E-state index is 6.05. The summed E-state index contributed by atoms with van der Waals surface area (Å²) in [6.07, 6.45) is 15.7. The predicted molar refractivity (Wildman–Crippen MR) is 99.5 cm³/mol. The molecule has 1 saturated heterocycles. The third kappa shape index (κ3) is 3.49. The van der Waals surface area contributed by atoms with Crippen LogP contribution in [-0.4, -0.2) is 31.1 Å². The Morgan fingerprint density at radius 1 is 1.08 bits per heavy atom. The maximum Gasteiger partial charge on any atom is 0.119 e. The highest BCUT2D eigenvalue weighted by molar-refractivity contribution is 5.53. The van der Waals surface area contributed by atoms with Crippen molar-refractivity contribution in [2.24, 2.45) is 0 Å². The van der Waals surface area contributed by atoms with E-state index in [1.807, 2.05) is 0 Å². The van der Waals surface area contributed by atoms with Crippen LogP contribution in [0.25, 0.3) is 0 Å². The van der Waals surface area contributed by atoms with Crippen LogP contribution in [-0.2, 0) is 0 Å². The van der Waals surface area contributed by atoms with Crippen LogP contribution in [0.2, 0.25) is 0 Å². The fourth-order valence-electron chi connectivity index (χ4n) is 4.06. The first-order chi connectivity index (χ1) is 11.9. The fraction of sp³-hybridized carbons (Fsp3) is 0.455. The zero-order valence-corrected chi connectivity index (χ0v) is 14.4. The van der Waals surface area contributed by atoms with Crippen LogP contribution >= 0.6 is 0 Å². The average Bonchev–Trinajstić information content (AvgIpc) is 3.07. The Balaban J connectivity index is 1.38. The van der Waals surface area contributed by atoms with Gasteiger partial charge in [-0.15, -0.1) is 0 Å². The lowest BCUT2D eigenvalue weighted by Gasteiger charge is -2.26. The second kappa shape index (κ2) is 7.40. The van der Waals surface area contributed by atoms with Gasteiger partial charge in [0.25, 0.3) is 0 Å². The van der Waals surface area contributed by atoms with Gasteiger partial charge in [-0.1, -0.05) is 42.9 Å². The SMILES string of the molecule is C1=CC2=C(C=CC2c2cccc(OCCN3CCCCC3)c2)CC1. The molecule has 1 atom stereocenters. The van der Waals surface area contributed by atoms with Gasteiger partial charge in [0.05, 0.1) is 0 Å². The van der Waals surface area contributed by atoms with E-state index < -0.39 is 0 Å². The van der Waals surface area contributed by atoms with Gasteiger partial charge >= 0.3 is 0 Å². The number of rotatable bonds is 5. The van der Waals surface area contributed by atoms with E-state index in [0.29, 0.717) is 5.92 Å². The first-order valence-electron chi connectivity index (χ1n) is 9.43. The fourth-order valence-corrected chi connectivity index (χ4v) is 4.06. The molecular weight excluding hydrogens is 294 g/mol. The molecule has 0 saturated carbocycles. The molecule has 4 rings (SSSR count). The molecule has 0 spiro atoms. The summed E-state index contributed by atoms with van der Waals surface area (Å²) in [4.78, 5) is 2.52. The number of nitrogens with zero attached hydrogens (tertiary/aromatic N) is 1. The summed E-state index contributed by atoms with van der Waals surface area (Å²) in [7, 11) is 0. The molecule has 2 heteroatoms. The largest absolute Gasteiger partial charge is 0.492 e. The molecule has 2 nitrogen and oxygen atoms in total. The van der Waals surface area contributed by atoms with E-state index >= 15 is 0 Å². The van der Waals surface area contributed by atoms with Crippen LogP contribution in [0.1, 0.15) is 43.6 Å². The van der Waals surface area contributed by atoms with E-state index in [2.05, 4.69) is 53.5 Å². The Morgan fingerprint density at radius 2 is 2.00 bits per heavy atom. The molecule has 0 aromatic heterocycles. The van der Waals surface area contributed by atoms with Crippen molar-refractivity contribution in [2.75, 3.05) is 26.2 Å². The number of hydrogen-bond donors (Lipinski definition) is 0. The maximum atomic E-state index is 6.05. The quantitative estimate of drug-likeness (QED) is 0.768. The molecule has 1 unspecified atom stereocenters. The van der Waals surface area contributed by atoms with Gasteiger partial charge < -0.3 is 4.74 Å². The topological polar surface area (TPSA) is 12.5 Å². The van der Waals surface area contributed by atoms with Crippen molar-refractivity contribution in [1.82, 2.24) is 4.90 Å². The molecular formula is C22H27NO. The highest BCUT2D eigenvalue weighted by atomic mass is 16.5. The highest BCUT2D eigenvalue weighted by Gasteiger charge is 2.21. The van der Waals surface area contributed by atoms with Gasteiger partial charge in [0, 0.05) is 12.5 Å². The lowest BCUT2D eigenvalue weighted by Crippen LogP contribution is -2.33. The first kappa shape index (κ1) is 15.7. The molecule has 126 valence electrons. The second-order valence-corrected chi connectivity index (χ2v) is 7.08. The van der Waals surface area contributed by atoms with E-state index in [1.165, 1.54) is 61.9 Å². The van der Waals surface area contributed by atoms with E-state index in [9.17, 15) is 0 Å². The Morgan fingerprint density at radius 3 is 2.92 bits per heavy atom. The van der Waals surface area contributed by atoms with E-state index in [1.54, 1.807) is 0 Å². The molecule has 1 fully saturated rings. The lowest BCUT2D eigenvalue weighted by atomic mass is 9.89. The summed E-state index contributed by atoms with van der Waals surface area (Å²) >= 11 is 0. The van der Waals surface area contributed by atoms with Crippen molar-refractivity contribution in [3.05, 3.63) is 65.3 Å². The average molecular weight is 321 g/mol. The van der Waals surface area contributed by atoms with E-state index in [0.717, 1.165) is 18.9 Å². The van der Waals surface area contributed by atoms with Gasteiger partial charge in [0.1, 0.15) is 12.4 Å². The Hall–Kier alpha value is -1.80. The summed E-state index contributed by atoms with van der Waals surface area (Å²) in [5, 5.41) is 0. The lowest BCUT2D eigenvalue weighted by molar-refractivity contribution is 0.183. The molecule has 1 aromatic rings. The van der Waals surface area contributed by atoms with Crippen molar-refractivity contribution in [2.45, 2.75) is 38.0 Å². The van der Waals surface area contributed by atoms with E-state index in [-0.39, 0.29) is 0 Å². The van der Waals surface area contributed by atoms with Crippen LogP contribution in [0.5, 0.6) is 5.75 Å². The number of ether oxygens (including phenoxy) is 1. The molecule has 1 aromatic carbocycles. The van der Waals surface area contributed by atoms with Crippen molar-refractivity contribution < 1.29 is 4.74 Å². The molecule has 0 bridgehead atoms. The van der Waals surface area contributed by atoms with Crippen LogP contribution in [0.3, 0.4) is 0 Å². The van der Waals surface area contributed by atoms with Crippen LogP contribution in [0.4, 0.5) is 0 Å². The van der Waals surface area contributed by atoms with Gasteiger partial charge in [-0.05, 0) is 67.6 Å². The Bertz CT molecular complexity index is 664. The number of piperidine rings is 1. The monoisotopic (exact) mass is 321 g/mol. The zero-order chi connectivity index (χ0) is 16.2. The van der Waals surface area contributed by atoms with Crippen molar-refractivity contribution in [3.8, 4) is 5.75 Å². The molecule has 3 aliphatic rings. The van der Waals surface area contributed by atoms with Gasteiger partial charge in [-0.25, -0.2) is 0 Å². The molecule has 0 amide bonds. The van der Waals surface area contributed by atoms with E-state index in [4.69, 9.17) is 4.74 Å². The third-order valence-corrected chi connectivity index (χ3v) is 5.42. The summed E-state index contributed by atoms with van der Waals surface area (Å²) in [6, 6.07) is 8.67. The van der Waals surface area contributed by atoms with Crippen molar-refractivity contribution >= 4 is 0 Å². The Kier molecular flexibility index (Phi) is 4.84.